The number of hydrogen-bond donors (Lipinski definition) is 0. The molecule has 3 aromatic rings. The van der Waals surface area contributed by atoms with Crippen LogP contribution in [0.2, 0.25) is 0 Å². The normalized spacial score (nSPS) is 14.7. The SMILES string of the molecule is Cc1ccc2sc(N(CCCN(C)C)C(=O)c3ccc(S(=O)(=O)N4CCOCC4)cc3)nc2c1C.Cl. The molecule has 0 aliphatic carbocycles. The van der Waals surface area contributed by atoms with E-state index < -0.39 is 10.0 Å². The monoisotopic (exact) mass is 552 g/mol. The summed E-state index contributed by atoms with van der Waals surface area (Å²) in [5.41, 5.74) is 3.63. The molecule has 0 radical (unpaired) electrons. The molecule has 1 aromatic heterocycles. The second kappa shape index (κ2) is 12.0. The van der Waals surface area contributed by atoms with E-state index in [4.69, 9.17) is 9.72 Å². The number of morpholine rings is 1. The number of rotatable bonds is 8. The molecule has 0 N–H and O–H groups in total. The number of aryl methyl sites for hydroxylation is 2. The third-order valence-electron chi connectivity index (χ3n) is 6.25. The maximum atomic E-state index is 13.6. The highest BCUT2D eigenvalue weighted by Crippen LogP contribution is 2.33. The van der Waals surface area contributed by atoms with Crippen molar-refractivity contribution in [2.24, 2.45) is 0 Å². The Balaban J connectivity index is 0.00000361. The van der Waals surface area contributed by atoms with Gasteiger partial charge in [0.15, 0.2) is 5.13 Å². The number of anilines is 1. The van der Waals surface area contributed by atoms with Crippen molar-refractivity contribution in [2.45, 2.75) is 25.2 Å². The summed E-state index contributed by atoms with van der Waals surface area (Å²) in [6.07, 6.45) is 0.788. The van der Waals surface area contributed by atoms with Crippen molar-refractivity contribution in [3.8, 4) is 0 Å². The van der Waals surface area contributed by atoms with Crippen molar-refractivity contribution in [1.82, 2.24) is 14.2 Å². The van der Waals surface area contributed by atoms with Crippen LogP contribution in [0.3, 0.4) is 0 Å². The molecule has 2 aromatic carbocycles. The van der Waals surface area contributed by atoms with Gasteiger partial charge in [-0.15, -0.1) is 12.4 Å². The zero-order valence-corrected chi connectivity index (χ0v) is 23.5. The Labute approximate surface area is 223 Å². The Bertz CT molecular complexity index is 1300. The first-order valence-electron chi connectivity index (χ1n) is 11.7. The summed E-state index contributed by atoms with van der Waals surface area (Å²) < 4.78 is 33.6. The van der Waals surface area contributed by atoms with Crippen molar-refractivity contribution >= 4 is 55.0 Å². The molecule has 8 nitrogen and oxygen atoms in total. The van der Waals surface area contributed by atoms with Gasteiger partial charge in [-0.25, -0.2) is 13.4 Å². The lowest BCUT2D eigenvalue weighted by atomic mass is 10.1. The van der Waals surface area contributed by atoms with Gasteiger partial charge in [-0.3, -0.25) is 9.69 Å². The van der Waals surface area contributed by atoms with E-state index >= 15 is 0 Å². The summed E-state index contributed by atoms with van der Waals surface area (Å²) in [7, 11) is 0.393. The fourth-order valence-electron chi connectivity index (χ4n) is 4.02. The smallest absolute Gasteiger partial charge is 0.260 e. The number of aromatic nitrogens is 1. The van der Waals surface area contributed by atoms with Crippen molar-refractivity contribution < 1.29 is 17.9 Å². The summed E-state index contributed by atoms with van der Waals surface area (Å²) >= 11 is 1.50. The number of halogens is 1. The van der Waals surface area contributed by atoms with Gasteiger partial charge in [-0.2, -0.15) is 4.31 Å². The Morgan fingerprint density at radius 1 is 1.06 bits per heavy atom. The van der Waals surface area contributed by atoms with E-state index in [0.29, 0.717) is 43.5 Å². The first-order valence-corrected chi connectivity index (χ1v) is 14.0. The molecule has 1 aliphatic rings. The highest BCUT2D eigenvalue weighted by Gasteiger charge is 2.27. The molecule has 2 heterocycles. The standard InChI is InChI=1S/C25H32N4O4S2.ClH/c1-18-6-11-22-23(19(18)2)26-25(34-22)29(13-5-12-27(3)4)24(30)20-7-9-21(10-8-20)35(31,32)28-14-16-33-17-15-28;/h6-11H,5,12-17H2,1-4H3;1H. The van der Waals surface area contributed by atoms with Gasteiger partial charge in [0.2, 0.25) is 10.0 Å². The van der Waals surface area contributed by atoms with Crippen LogP contribution < -0.4 is 4.90 Å². The van der Waals surface area contributed by atoms with Crippen molar-refractivity contribution in [1.29, 1.82) is 0 Å². The molecule has 0 spiro atoms. The quantitative estimate of drug-likeness (QED) is 0.421. The van der Waals surface area contributed by atoms with E-state index in [9.17, 15) is 13.2 Å². The number of carbonyl (C=O) groups is 1. The molecule has 36 heavy (non-hydrogen) atoms. The number of thiazole rings is 1. The lowest BCUT2D eigenvalue weighted by molar-refractivity contribution is 0.0730. The van der Waals surface area contributed by atoms with Gasteiger partial charge in [-0.05, 0) is 82.4 Å². The van der Waals surface area contributed by atoms with E-state index in [2.05, 4.69) is 17.9 Å². The van der Waals surface area contributed by atoms with E-state index in [1.165, 1.54) is 27.8 Å². The average molecular weight is 553 g/mol. The third kappa shape index (κ3) is 6.07. The van der Waals surface area contributed by atoms with Crippen LogP contribution in [0.4, 0.5) is 5.13 Å². The van der Waals surface area contributed by atoms with E-state index in [-0.39, 0.29) is 23.2 Å². The van der Waals surface area contributed by atoms with Crippen LogP contribution in [-0.2, 0) is 14.8 Å². The summed E-state index contributed by atoms with van der Waals surface area (Å²) in [6.45, 7) is 6.90. The van der Waals surface area contributed by atoms with Crippen LogP contribution in [0.5, 0.6) is 0 Å². The van der Waals surface area contributed by atoms with Crippen LogP contribution in [0.1, 0.15) is 27.9 Å². The zero-order chi connectivity index (χ0) is 25.2. The molecule has 0 unspecified atom stereocenters. The lowest BCUT2D eigenvalue weighted by Gasteiger charge is -2.26. The Hall–Kier alpha value is -2.08. The van der Waals surface area contributed by atoms with Crippen molar-refractivity contribution in [3.63, 3.8) is 0 Å². The Morgan fingerprint density at radius 3 is 2.36 bits per heavy atom. The second-order valence-corrected chi connectivity index (χ2v) is 12.0. The van der Waals surface area contributed by atoms with Crippen LogP contribution in [-0.4, -0.2) is 82.0 Å². The first-order chi connectivity index (χ1) is 16.7. The molecular formula is C25H33ClN4O4S2. The van der Waals surface area contributed by atoms with Crippen LogP contribution in [0, 0.1) is 13.8 Å². The zero-order valence-electron chi connectivity index (χ0n) is 21.1. The van der Waals surface area contributed by atoms with Gasteiger partial charge in [0.25, 0.3) is 5.91 Å². The van der Waals surface area contributed by atoms with E-state index in [1.54, 1.807) is 17.0 Å². The topological polar surface area (TPSA) is 83.1 Å². The minimum absolute atomic E-state index is 0. The van der Waals surface area contributed by atoms with Gasteiger partial charge >= 0.3 is 0 Å². The number of hydrogen-bond acceptors (Lipinski definition) is 7. The summed E-state index contributed by atoms with van der Waals surface area (Å²) in [4.78, 5) is 22.4. The summed E-state index contributed by atoms with van der Waals surface area (Å²) in [5.74, 6) is -0.187. The van der Waals surface area contributed by atoms with E-state index in [1.807, 2.05) is 27.1 Å². The molecule has 1 saturated heterocycles. The highest BCUT2D eigenvalue weighted by molar-refractivity contribution is 7.89. The predicted octanol–water partition coefficient (Wildman–Crippen LogP) is 3.95. The maximum absolute atomic E-state index is 13.6. The first kappa shape index (κ1) is 28.5. The molecule has 0 atom stereocenters. The van der Waals surface area contributed by atoms with Gasteiger partial charge in [0, 0.05) is 25.2 Å². The van der Waals surface area contributed by atoms with Crippen LogP contribution in [0.15, 0.2) is 41.3 Å². The number of benzene rings is 2. The number of sulfonamides is 1. The van der Waals surface area contributed by atoms with Gasteiger partial charge in [-0.1, -0.05) is 17.4 Å². The minimum Gasteiger partial charge on any atom is -0.379 e. The summed E-state index contributed by atoms with van der Waals surface area (Å²) in [6, 6.07) is 10.3. The number of ether oxygens (including phenoxy) is 1. The fourth-order valence-corrected chi connectivity index (χ4v) is 6.48. The third-order valence-corrected chi connectivity index (χ3v) is 9.20. The predicted molar refractivity (Wildman–Crippen MR) is 147 cm³/mol. The average Bonchev–Trinajstić information content (AvgIpc) is 3.29. The Morgan fingerprint density at radius 2 is 1.72 bits per heavy atom. The number of nitrogens with zero attached hydrogens (tertiary/aromatic N) is 4. The molecule has 196 valence electrons. The highest BCUT2D eigenvalue weighted by atomic mass is 35.5. The lowest BCUT2D eigenvalue weighted by Crippen LogP contribution is -2.40. The van der Waals surface area contributed by atoms with Crippen molar-refractivity contribution in [3.05, 3.63) is 53.1 Å². The van der Waals surface area contributed by atoms with Gasteiger partial charge < -0.3 is 9.64 Å². The minimum atomic E-state index is -3.61. The van der Waals surface area contributed by atoms with Crippen LogP contribution in [0.25, 0.3) is 10.2 Å². The summed E-state index contributed by atoms with van der Waals surface area (Å²) in [5, 5.41) is 0.655. The maximum Gasteiger partial charge on any atom is 0.260 e. The molecule has 11 heteroatoms. The van der Waals surface area contributed by atoms with Gasteiger partial charge in [0.1, 0.15) is 0 Å². The molecule has 0 saturated carbocycles. The van der Waals surface area contributed by atoms with Crippen molar-refractivity contribution in [2.75, 3.05) is 58.4 Å². The van der Waals surface area contributed by atoms with Crippen LogP contribution >= 0.6 is 23.7 Å². The molecule has 4 rings (SSSR count). The molecular weight excluding hydrogens is 520 g/mol. The van der Waals surface area contributed by atoms with E-state index in [0.717, 1.165) is 34.3 Å². The Kier molecular flexibility index (Phi) is 9.48. The molecule has 1 aliphatic heterocycles. The molecule has 1 fully saturated rings. The molecule has 0 bridgehead atoms. The number of fused-ring (bicyclic) bond motifs is 1. The molecule has 1 amide bonds. The number of amides is 1. The number of carbonyl (C=O) groups excluding carboxylic acids is 1. The van der Waals surface area contributed by atoms with Gasteiger partial charge in [0.05, 0.1) is 28.3 Å². The largest absolute Gasteiger partial charge is 0.379 e. The fraction of sp³-hybridized carbons (Fsp3) is 0.440. The second-order valence-electron chi connectivity index (χ2n) is 9.01.